The van der Waals surface area contributed by atoms with Gasteiger partial charge in [-0.3, -0.25) is 9.69 Å². The Balaban J connectivity index is 0.00000192. The van der Waals surface area contributed by atoms with Gasteiger partial charge in [0.2, 0.25) is 5.91 Å². The molecule has 0 bridgehead atoms. The molecule has 1 amide bonds. The first-order chi connectivity index (χ1) is 10.4. The van der Waals surface area contributed by atoms with E-state index >= 15 is 0 Å². The lowest BCUT2D eigenvalue weighted by Crippen LogP contribution is -2.54. The molecule has 0 saturated carbocycles. The van der Waals surface area contributed by atoms with Crippen LogP contribution >= 0.6 is 0 Å². The number of carbonyl (C=O) groups excluding carboxylic acids is 1. The summed E-state index contributed by atoms with van der Waals surface area (Å²) >= 11 is 0. The Morgan fingerprint density at radius 2 is 1.96 bits per heavy atom. The van der Waals surface area contributed by atoms with Gasteiger partial charge in [0.1, 0.15) is 17.5 Å². The van der Waals surface area contributed by atoms with Crippen molar-refractivity contribution >= 4 is 5.91 Å². The molecular weight excluding hydrogens is 292 g/mol. The number of aliphatic hydroxyl groups excluding tert-OH is 1. The van der Waals surface area contributed by atoms with Crippen LogP contribution in [0.1, 0.15) is 62.5 Å². The molecule has 128 valence electrons. The van der Waals surface area contributed by atoms with Gasteiger partial charge in [0.05, 0.1) is 6.04 Å². The molecule has 3 rings (SSSR count). The summed E-state index contributed by atoms with van der Waals surface area (Å²) in [5, 5.41) is 10.8. The number of primary amides is 1. The molecule has 2 aliphatic rings. The molecule has 0 radical (unpaired) electrons. The van der Waals surface area contributed by atoms with E-state index in [9.17, 15) is 9.90 Å². The van der Waals surface area contributed by atoms with Crippen molar-refractivity contribution in [1.29, 1.82) is 0 Å². The molecule has 1 saturated heterocycles. The second kappa shape index (κ2) is 6.49. The molecule has 1 aromatic carbocycles. The predicted octanol–water partition coefficient (Wildman–Crippen LogP) is 2.48. The van der Waals surface area contributed by atoms with Crippen LogP contribution in [0.15, 0.2) is 18.2 Å². The molecule has 2 unspecified atom stereocenters. The fourth-order valence-corrected chi connectivity index (χ4v) is 3.51. The van der Waals surface area contributed by atoms with E-state index in [2.05, 4.69) is 4.90 Å². The fraction of sp³-hybridized carbons (Fsp3) is 0.611. The van der Waals surface area contributed by atoms with E-state index in [-0.39, 0.29) is 13.5 Å². The van der Waals surface area contributed by atoms with E-state index in [1.807, 2.05) is 13.8 Å². The highest BCUT2D eigenvalue weighted by atomic mass is 16.5. The number of rotatable bonds is 2. The molecule has 2 heterocycles. The molecule has 5 heteroatoms. The molecule has 0 spiro atoms. The average molecular weight is 320 g/mol. The SMILES string of the molecule is C.CC1(C)Oc2ccc(C(N)=O)cc2C(N2CCCCC2)C1O. The lowest BCUT2D eigenvalue weighted by molar-refractivity contribution is -0.0961. The molecule has 0 aromatic heterocycles. The maximum Gasteiger partial charge on any atom is 0.248 e. The normalized spacial score (nSPS) is 26.6. The van der Waals surface area contributed by atoms with Crippen LogP contribution in [-0.4, -0.2) is 40.7 Å². The predicted molar refractivity (Wildman–Crippen MR) is 90.6 cm³/mol. The Morgan fingerprint density at radius 3 is 2.57 bits per heavy atom. The highest BCUT2D eigenvalue weighted by Gasteiger charge is 2.45. The summed E-state index contributed by atoms with van der Waals surface area (Å²) in [6.07, 6.45) is 2.85. The zero-order chi connectivity index (χ0) is 15.9. The number of ether oxygens (including phenoxy) is 1. The first-order valence-electron chi connectivity index (χ1n) is 7.95. The third-order valence-corrected chi connectivity index (χ3v) is 4.78. The maximum absolute atomic E-state index is 11.5. The van der Waals surface area contributed by atoms with Gasteiger partial charge in [-0.15, -0.1) is 0 Å². The third kappa shape index (κ3) is 3.21. The van der Waals surface area contributed by atoms with Crippen molar-refractivity contribution in [2.45, 2.75) is 58.3 Å². The van der Waals surface area contributed by atoms with Crippen molar-refractivity contribution in [1.82, 2.24) is 4.90 Å². The summed E-state index contributed by atoms with van der Waals surface area (Å²) in [5.41, 5.74) is 6.06. The van der Waals surface area contributed by atoms with Crippen LogP contribution < -0.4 is 10.5 Å². The molecule has 1 fully saturated rings. The van der Waals surface area contributed by atoms with Crippen molar-refractivity contribution in [3.63, 3.8) is 0 Å². The minimum absolute atomic E-state index is 0. The Labute approximate surface area is 138 Å². The van der Waals surface area contributed by atoms with Gasteiger partial charge in [-0.25, -0.2) is 0 Å². The molecule has 2 aliphatic heterocycles. The molecule has 5 nitrogen and oxygen atoms in total. The van der Waals surface area contributed by atoms with Crippen molar-refractivity contribution in [2.24, 2.45) is 5.73 Å². The third-order valence-electron chi connectivity index (χ3n) is 4.78. The Hall–Kier alpha value is -1.59. The first kappa shape index (κ1) is 17.8. The smallest absolute Gasteiger partial charge is 0.248 e. The first-order valence-corrected chi connectivity index (χ1v) is 7.95. The zero-order valence-electron chi connectivity index (χ0n) is 13.2. The average Bonchev–Trinajstić information content (AvgIpc) is 2.48. The van der Waals surface area contributed by atoms with Crippen molar-refractivity contribution < 1.29 is 14.6 Å². The quantitative estimate of drug-likeness (QED) is 0.878. The lowest BCUT2D eigenvalue weighted by Gasteiger charge is -2.47. The van der Waals surface area contributed by atoms with Gasteiger partial charge in [-0.05, 0) is 58.0 Å². The number of hydrogen-bond acceptors (Lipinski definition) is 4. The van der Waals surface area contributed by atoms with Crippen LogP contribution in [0.2, 0.25) is 0 Å². The summed E-state index contributed by atoms with van der Waals surface area (Å²) in [7, 11) is 0. The van der Waals surface area contributed by atoms with Crippen LogP contribution in [-0.2, 0) is 0 Å². The van der Waals surface area contributed by atoms with E-state index < -0.39 is 17.6 Å². The number of piperidine rings is 1. The Bertz CT molecular complexity index is 580. The van der Waals surface area contributed by atoms with Gasteiger partial charge in [-0.1, -0.05) is 13.8 Å². The minimum atomic E-state index is -0.663. The van der Waals surface area contributed by atoms with Crippen LogP contribution in [0.3, 0.4) is 0 Å². The number of amides is 1. The number of nitrogens with two attached hydrogens (primary N) is 1. The molecule has 23 heavy (non-hydrogen) atoms. The van der Waals surface area contributed by atoms with E-state index in [4.69, 9.17) is 10.5 Å². The van der Waals surface area contributed by atoms with Crippen molar-refractivity contribution in [2.75, 3.05) is 13.1 Å². The van der Waals surface area contributed by atoms with Gasteiger partial charge in [-0.2, -0.15) is 0 Å². The number of fused-ring (bicyclic) bond motifs is 1. The summed E-state index contributed by atoms with van der Waals surface area (Å²) in [4.78, 5) is 13.8. The van der Waals surface area contributed by atoms with Gasteiger partial charge < -0.3 is 15.6 Å². The number of benzene rings is 1. The number of carbonyl (C=O) groups is 1. The lowest BCUT2D eigenvalue weighted by atomic mass is 9.84. The van der Waals surface area contributed by atoms with Gasteiger partial charge in [0, 0.05) is 11.1 Å². The topological polar surface area (TPSA) is 75.8 Å². The van der Waals surface area contributed by atoms with E-state index in [0.29, 0.717) is 5.56 Å². The van der Waals surface area contributed by atoms with E-state index in [1.54, 1.807) is 18.2 Å². The summed E-state index contributed by atoms with van der Waals surface area (Å²) in [6, 6.07) is 5.09. The summed E-state index contributed by atoms with van der Waals surface area (Å²) in [6.45, 7) is 5.72. The number of nitrogens with zero attached hydrogens (tertiary/aromatic N) is 1. The molecule has 2 atom stereocenters. The minimum Gasteiger partial charge on any atom is -0.485 e. The highest BCUT2D eigenvalue weighted by molar-refractivity contribution is 5.93. The maximum atomic E-state index is 11.5. The van der Waals surface area contributed by atoms with Crippen LogP contribution in [0.25, 0.3) is 0 Å². The van der Waals surface area contributed by atoms with Gasteiger partial charge >= 0.3 is 0 Å². The number of hydrogen-bond donors (Lipinski definition) is 2. The molecule has 1 aromatic rings. The van der Waals surface area contributed by atoms with Gasteiger partial charge in [0.25, 0.3) is 0 Å². The standard InChI is InChI=1S/C17H24N2O3.CH4/c1-17(2)15(20)14(19-8-4-3-5-9-19)12-10-11(16(18)21)6-7-13(12)22-17;/h6-7,10,14-15,20H,3-5,8-9H2,1-2H3,(H2,18,21);1H4. The molecule has 0 aliphatic carbocycles. The second-order valence-corrected chi connectivity index (χ2v) is 6.81. The van der Waals surface area contributed by atoms with E-state index in [1.165, 1.54) is 6.42 Å². The number of aliphatic hydroxyl groups is 1. The largest absolute Gasteiger partial charge is 0.485 e. The Kier molecular flexibility index (Phi) is 5.01. The van der Waals surface area contributed by atoms with Crippen molar-refractivity contribution in [3.05, 3.63) is 29.3 Å². The summed E-state index contributed by atoms with van der Waals surface area (Å²) < 4.78 is 5.96. The van der Waals surface area contributed by atoms with Crippen LogP contribution in [0, 0.1) is 0 Å². The molecular formula is C18H28N2O3. The van der Waals surface area contributed by atoms with Crippen LogP contribution in [0.4, 0.5) is 0 Å². The van der Waals surface area contributed by atoms with Crippen molar-refractivity contribution in [3.8, 4) is 5.75 Å². The molecule has 3 N–H and O–H groups in total. The number of likely N-dealkylation sites (tertiary alicyclic amines) is 1. The zero-order valence-corrected chi connectivity index (χ0v) is 13.2. The second-order valence-electron chi connectivity index (χ2n) is 6.81. The monoisotopic (exact) mass is 320 g/mol. The van der Waals surface area contributed by atoms with E-state index in [0.717, 1.165) is 37.2 Å². The fourth-order valence-electron chi connectivity index (χ4n) is 3.51. The van der Waals surface area contributed by atoms with Gasteiger partial charge in [0.15, 0.2) is 0 Å². The highest BCUT2D eigenvalue weighted by Crippen LogP contribution is 2.43. The summed E-state index contributed by atoms with van der Waals surface area (Å²) in [5.74, 6) is 0.274. The van der Waals surface area contributed by atoms with Crippen LogP contribution in [0.5, 0.6) is 5.75 Å². The Morgan fingerprint density at radius 1 is 1.30 bits per heavy atom.